The van der Waals surface area contributed by atoms with E-state index in [-0.39, 0.29) is 11.5 Å². The Kier molecular flexibility index (Phi) is 6.50. The van der Waals surface area contributed by atoms with E-state index in [1.54, 1.807) is 22.8 Å². The third-order valence-corrected chi connectivity index (χ3v) is 7.41. The molecule has 1 aromatic heterocycles. The summed E-state index contributed by atoms with van der Waals surface area (Å²) in [6.07, 6.45) is 8.10. The Bertz CT molecular complexity index is 959. The fourth-order valence-corrected chi connectivity index (χ4v) is 5.93. The van der Waals surface area contributed by atoms with Gasteiger partial charge in [0.25, 0.3) is 5.56 Å². The van der Waals surface area contributed by atoms with Crippen LogP contribution in [0.3, 0.4) is 0 Å². The van der Waals surface area contributed by atoms with E-state index in [4.69, 9.17) is 11.6 Å². The van der Waals surface area contributed by atoms with Crippen molar-refractivity contribution in [3.8, 4) is 0 Å². The molecule has 29 heavy (non-hydrogen) atoms. The number of fused-ring (bicyclic) bond motifs is 2. The Morgan fingerprint density at radius 1 is 1.24 bits per heavy atom. The number of carbonyl (C=O) groups is 1. The first kappa shape index (κ1) is 20.7. The van der Waals surface area contributed by atoms with E-state index in [1.807, 2.05) is 6.92 Å². The molecule has 1 saturated carbocycles. The zero-order valence-corrected chi connectivity index (χ0v) is 18.5. The molecule has 1 aliphatic heterocycles. The second-order valence-electron chi connectivity index (χ2n) is 8.14. The predicted octanol–water partition coefficient (Wildman–Crippen LogP) is 4.73. The van der Waals surface area contributed by atoms with Crippen molar-refractivity contribution >= 4 is 40.2 Å². The zero-order chi connectivity index (χ0) is 20.4. The predicted molar refractivity (Wildman–Crippen MR) is 119 cm³/mol. The van der Waals surface area contributed by atoms with Gasteiger partial charge in [-0.25, -0.2) is 4.98 Å². The zero-order valence-electron chi connectivity index (χ0n) is 16.9. The molecule has 4 rings (SSSR count). The number of rotatable bonds is 5. The summed E-state index contributed by atoms with van der Waals surface area (Å²) in [5.74, 6) is 1.17. The van der Waals surface area contributed by atoms with Crippen molar-refractivity contribution in [1.82, 2.24) is 14.5 Å². The molecule has 2 atom stereocenters. The van der Waals surface area contributed by atoms with Crippen LogP contribution in [0, 0.1) is 5.92 Å². The molecule has 2 heterocycles. The van der Waals surface area contributed by atoms with Crippen LogP contribution < -0.4 is 5.56 Å². The first-order chi connectivity index (χ1) is 14.1. The molecular formula is C22H28ClN3O2S. The molecule has 2 aliphatic rings. The Labute approximate surface area is 180 Å². The highest BCUT2D eigenvalue weighted by Gasteiger charge is 2.35. The van der Waals surface area contributed by atoms with Gasteiger partial charge in [0, 0.05) is 24.2 Å². The van der Waals surface area contributed by atoms with Crippen molar-refractivity contribution in [3.05, 3.63) is 33.6 Å². The number of benzene rings is 1. The third-order valence-electron chi connectivity index (χ3n) is 6.22. The van der Waals surface area contributed by atoms with Gasteiger partial charge in [-0.2, -0.15) is 0 Å². The molecule has 2 aromatic rings. The summed E-state index contributed by atoms with van der Waals surface area (Å²) >= 11 is 7.48. The number of piperidine rings is 1. The average molecular weight is 434 g/mol. The lowest BCUT2D eigenvalue weighted by molar-refractivity contribution is -0.134. The van der Waals surface area contributed by atoms with Gasteiger partial charge in [-0.15, -0.1) is 0 Å². The first-order valence-corrected chi connectivity index (χ1v) is 12.1. The topological polar surface area (TPSA) is 55.2 Å². The fourth-order valence-electron chi connectivity index (χ4n) is 4.85. The van der Waals surface area contributed by atoms with Crippen LogP contribution in [0.1, 0.15) is 51.9 Å². The van der Waals surface area contributed by atoms with Gasteiger partial charge < -0.3 is 4.90 Å². The summed E-state index contributed by atoms with van der Waals surface area (Å²) in [5.41, 5.74) is 0.531. The third kappa shape index (κ3) is 4.33. The SMILES string of the molecule is CCCn1c(SCC(=O)N2CCCC3CCCCC32)nc2cc(Cl)ccc2c1=O. The molecule has 1 aliphatic carbocycles. The molecule has 7 heteroatoms. The van der Waals surface area contributed by atoms with E-state index in [1.165, 1.54) is 37.4 Å². The maximum atomic E-state index is 13.1. The lowest BCUT2D eigenvalue weighted by atomic mass is 9.78. The smallest absolute Gasteiger partial charge is 0.262 e. The fraction of sp³-hybridized carbons (Fsp3) is 0.591. The lowest BCUT2D eigenvalue weighted by Crippen LogP contribution is -2.50. The van der Waals surface area contributed by atoms with Crippen LogP contribution in [0.25, 0.3) is 10.9 Å². The summed E-state index contributed by atoms with van der Waals surface area (Å²) in [4.78, 5) is 32.8. The number of amides is 1. The molecule has 5 nitrogen and oxygen atoms in total. The number of likely N-dealkylation sites (tertiary alicyclic amines) is 1. The molecule has 2 unspecified atom stereocenters. The number of hydrogen-bond acceptors (Lipinski definition) is 4. The summed E-state index contributed by atoms with van der Waals surface area (Å²) in [6.45, 7) is 3.49. The molecule has 0 radical (unpaired) electrons. The van der Waals surface area contributed by atoms with Crippen molar-refractivity contribution in [1.29, 1.82) is 0 Å². The number of thioether (sulfide) groups is 1. The van der Waals surface area contributed by atoms with Gasteiger partial charge in [0.1, 0.15) is 0 Å². The van der Waals surface area contributed by atoms with Crippen molar-refractivity contribution in [3.63, 3.8) is 0 Å². The molecule has 0 N–H and O–H groups in total. The first-order valence-electron chi connectivity index (χ1n) is 10.7. The van der Waals surface area contributed by atoms with Crippen molar-refractivity contribution in [2.24, 2.45) is 5.92 Å². The number of nitrogens with zero attached hydrogens (tertiary/aromatic N) is 3. The van der Waals surface area contributed by atoms with E-state index < -0.39 is 0 Å². The van der Waals surface area contributed by atoms with Crippen LogP contribution in [-0.4, -0.2) is 38.7 Å². The average Bonchev–Trinajstić information content (AvgIpc) is 2.73. The number of aromatic nitrogens is 2. The molecule has 2 fully saturated rings. The Morgan fingerprint density at radius 3 is 2.86 bits per heavy atom. The van der Waals surface area contributed by atoms with Gasteiger partial charge >= 0.3 is 0 Å². The monoisotopic (exact) mass is 433 g/mol. The summed E-state index contributed by atoms with van der Waals surface area (Å²) in [7, 11) is 0. The molecule has 0 spiro atoms. The van der Waals surface area contributed by atoms with Gasteiger partial charge in [-0.1, -0.05) is 43.1 Å². The van der Waals surface area contributed by atoms with Gasteiger partial charge in [0.2, 0.25) is 5.91 Å². The van der Waals surface area contributed by atoms with E-state index in [2.05, 4.69) is 9.88 Å². The quantitative estimate of drug-likeness (QED) is 0.505. The summed E-state index contributed by atoms with van der Waals surface area (Å²) < 4.78 is 1.70. The van der Waals surface area contributed by atoms with Crippen LogP contribution in [0.5, 0.6) is 0 Å². The largest absolute Gasteiger partial charge is 0.339 e. The number of hydrogen-bond donors (Lipinski definition) is 0. The molecule has 1 aromatic carbocycles. The summed E-state index contributed by atoms with van der Waals surface area (Å²) in [5, 5.41) is 1.73. The van der Waals surface area contributed by atoms with Crippen molar-refractivity contribution in [2.75, 3.05) is 12.3 Å². The van der Waals surface area contributed by atoms with Crippen LogP contribution >= 0.6 is 23.4 Å². The maximum absolute atomic E-state index is 13.1. The van der Waals surface area contributed by atoms with E-state index >= 15 is 0 Å². The normalized spacial score (nSPS) is 21.9. The number of halogens is 1. The van der Waals surface area contributed by atoms with Crippen LogP contribution in [0.4, 0.5) is 0 Å². The highest BCUT2D eigenvalue weighted by Crippen LogP contribution is 2.35. The van der Waals surface area contributed by atoms with Gasteiger partial charge in [-0.05, 0) is 56.2 Å². The van der Waals surface area contributed by atoms with Gasteiger partial charge in [0.05, 0.1) is 16.7 Å². The minimum atomic E-state index is -0.0613. The molecule has 0 bridgehead atoms. The lowest BCUT2D eigenvalue weighted by Gasteiger charge is -2.44. The molecule has 1 saturated heterocycles. The highest BCUT2D eigenvalue weighted by molar-refractivity contribution is 7.99. The standard InChI is InChI=1S/C22H28ClN3O2S/c1-2-11-26-21(28)17-10-9-16(23)13-18(17)24-22(26)29-14-20(27)25-12-5-7-15-6-3-4-8-19(15)25/h9-10,13,15,19H,2-8,11-12,14H2,1H3. The Balaban J connectivity index is 1.56. The van der Waals surface area contributed by atoms with E-state index in [9.17, 15) is 9.59 Å². The minimum Gasteiger partial charge on any atom is -0.339 e. The van der Waals surface area contributed by atoms with Crippen molar-refractivity contribution in [2.45, 2.75) is 69.6 Å². The van der Waals surface area contributed by atoms with Crippen molar-refractivity contribution < 1.29 is 4.79 Å². The Morgan fingerprint density at radius 2 is 2.03 bits per heavy atom. The van der Waals surface area contributed by atoms with Crippen LogP contribution in [0.2, 0.25) is 5.02 Å². The molecular weight excluding hydrogens is 406 g/mol. The second-order valence-corrected chi connectivity index (χ2v) is 9.52. The van der Waals surface area contributed by atoms with E-state index in [0.29, 0.717) is 45.3 Å². The molecule has 1 amide bonds. The van der Waals surface area contributed by atoms with E-state index in [0.717, 1.165) is 25.8 Å². The summed E-state index contributed by atoms with van der Waals surface area (Å²) in [6, 6.07) is 5.58. The Hall–Kier alpha value is -1.53. The molecule has 156 valence electrons. The minimum absolute atomic E-state index is 0.0613. The maximum Gasteiger partial charge on any atom is 0.262 e. The highest BCUT2D eigenvalue weighted by atomic mass is 35.5. The second kappa shape index (κ2) is 9.09. The van der Waals surface area contributed by atoms with Crippen LogP contribution in [-0.2, 0) is 11.3 Å². The number of carbonyl (C=O) groups excluding carboxylic acids is 1. The van der Waals surface area contributed by atoms with Gasteiger partial charge in [-0.3, -0.25) is 14.2 Å². The van der Waals surface area contributed by atoms with Gasteiger partial charge in [0.15, 0.2) is 5.16 Å². The van der Waals surface area contributed by atoms with Crippen LogP contribution in [0.15, 0.2) is 28.2 Å².